The molecule has 0 bridgehead atoms. The first-order valence-corrected chi connectivity index (χ1v) is 9.72. The number of nitrogens with one attached hydrogen (secondary N) is 2. The van der Waals surface area contributed by atoms with Gasteiger partial charge in [0.25, 0.3) is 11.5 Å². The lowest BCUT2D eigenvalue weighted by molar-refractivity contribution is 0.102. The van der Waals surface area contributed by atoms with Gasteiger partial charge in [-0.3, -0.25) is 19.5 Å². The molecule has 3 aromatic heterocycles. The van der Waals surface area contributed by atoms with Gasteiger partial charge in [-0.2, -0.15) is 0 Å². The van der Waals surface area contributed by atoms with Crippen LogP contribution in [0.4, 0.5) is 5.13 Å². The lowest BCUT2D eigenvalue weighted by atomic mass is 10.2. The molecule has 3 heterocycles. The van der Waals surface area contributed by atoms with E-state index in [9.17, 15) is 9.59 Å². The molecule has 0 aliphatic heterocycles. The Morgan fingerprint density at radius 3 is 2.79 bits per heavy atom. The van der Waals surface area contributed by atoms with E-state index < -0.39 is 0 Å². The first-order valence-electron chi connectivity index (χ1n) is 8.84. The maximum atomic E-state index is 12.5. The van der Waals surface area contributed by atoms with Crippen LogP contribution in [-0.2, 0) is 0 Å². The zero-order valence-corrected chi connectivity index (χ0v) is 16.0. The number of benzene rings is 1. The number of fused-ring (bicyclic) bond motifs is 1. The summed E-state index contributed by atoms with van der Waals surface area (Å²) in [5, 5.41) is 5.79. The van der Waals surface area contributed by atoms with Crippen LogP contribution in [0.15, 0.2) is 58.8 Å². The number of hydrogen-bond acceptors (Lipinski definition) is 5. The molecular formula is C20H18N4O3S. The molecule has 4 rings (SSSR count). The van der Waals surface area contributed by atoms with Crippen molar-refractivity contribution in [1.82, 2.24) is 14.5 Å². The van der Waals surface area contributed by atoms with Crippen LogP contribution in [0.2, 0.25) is 0 Å². The largest absolute Gasteiger partial charge is 0.494 e. The number of carbonyl (C=O) groups excluding carboxylic acids is 1. The monoisotopic (exact) mass is 394 g/mol. The number of rotatable bonds is 6. The molecule has 0 unspecified atom stereocenters. The zero-order chi connectivity index (χ0) is 19.5. The Morgan fingerprint density at radius 1 is 1.25 bits per heavy atom. The molecule has 0 aliphatic carbocycles. The molecule has 1 aromatic carbocycles. The van der Waals surface area contributed by atoms with E-state index in [0.717, 1.165) is 17.6 Å². The van der Waals surface area contributed by atoms with E-state index in [1.807, 2.05) is 31.2 Å². The zero-order valence-electron chi connectivity index (χ0n) is 15.1. The number of ether oxygens (including phenoxy) is 1. The van der Waals surface area contributed by atoms with Gasteiger partial charge in [-0.1, -0.05) is 6.92 Å². The Balaban J connectivity index is 1.70. The number of pyridine rings is 1. The minimum atomic E-state index is -0.312. The fraction of sp³-hybridized carbons (Fsp3) is 0.150. The molecule has 0 saturated carbocycles. The summed E-state index contributed by atoms with van der Waals surface area (Å²) in [6, 6.07) is 12.2. The second kappa shape index (κ2) is 7.69. The van der Waals surface area contributed by atoms with Crippen LogP contribution in [0.25, 0.3) is 16.7 Å². The molecule has 7 nitrogen and oxygen atoms in total. The van der Waals surface area contributed by atoms with Crippen molar-refractivity contribution in [1.29, 1.82) is 0 Å². The highest BCUT2D eigenvalue weighted by Crippen LogP contribution is 2.21. The molecule has 0 spiro atoms. The third-order valence-electron chi connectivity index (χ3n) is 4.14. The second-order valence-corrected chi connectivity index (χ2v) is 7.02. The minimum Gasteiger partial charge on any atom is -0.494 e. The van der Waals surface area contributed by atoms with E-state index in [1.165, 1.54) is 17.4 Å². The van der Waals surface area contributed by atoms with Gasteiger partial charge in [-0.05, 0) is 42.8 Å². The van der Waals surface area contributed by atoms with E-state index in [1.54, 1.807) is 28.3 Å². The molecule has 1 amide bonds. The van der Waals surface area contributed by atoms with Gasteiger partial charge < -0.3 is 9.72 Å². The SMILES string of the molecule is CCCOc1ccc(-n2c(=O)ccc3cc(C(=O)Nc4nccs4)[nH]c32)cc1. The summed E-state index contributed by atoms with van der Waals surface area (Å²) < 4.78 is 7.14. The maximum absolute atomic E-state index is 12.5. The molecule has 142 valence electrons. The number of nitrogens with zero attached hydrogens (tertiary/aromatic N) is 2. The number of amides is 1. The Morgan fingerprint density at radius 2 is 2.07 bits per heavy atom. The topological polar surface area (TPSA) is 89.0 Å². The molecule has 0 fully saturated rings. The Labute approximate surface area is 164 Å². The summed E-state index contributed by atoms with van der Waals surface area (Å²) in [4.78, 5) is 32.1. The fourth-order valence-corrected chi connectivity index (χ4v) is 3.38. The van der Waals surface area contributed by atoms with E-state index in [2.05, 4.69) is 15.3 Å². The van der Waals surface area contributed by atoms with Crippen LogP contribution in [0.5, 0.6) is 5.75 Å². The Bertz CT molecular complexity index is 1160. The van der Waals surface area contributed by atoms with Gasteiger partial charge in [0, 0.05) is 23.0 Å². The summed E-state index contributed by atoms with van der Waals surface area (Å²) >= 11 is 1.34. The third-order valence-corrected chi connectivity index (χ3v) is 4.83. The standard InChI is InChI=1S/C20H18N4O3S/c1-2-10-27-15-6-4-14(5-7-15)24-17(25)8-3-13-12-16(22-18(13)24)19(26)23-20-21-9-11-28-20/h3-9,11-12,22H,2,10H2,1H3,(H,21,23,26). The Kier molecular flexibility index (Phi) is 4.94. The number of aromatic nitrogens is 3. The van der Waals surface area contributed by atoms with E-state index in [-0.39, 0.29) is 11.5 Å². The van der Waals surface area contributed by atoms with Crippen molar-refractivity contribution < 1.29 is 9.53 Å². The molecule has 0 saturated heterocycles. The first kappa shape index (κ1) is 18.0. The van der Waals surface area contributed by atoms with Crippen LogP contribution >= 0.6 is 11.3 Å². The van der Waals surface area contributed by atoms with Gasteiger partial charge in [0.1, 0.15) is 17.1 Å². The number of carbonyl (C=O) groups is 1. The van der Waals surface area contributed by atoms with Crippen LogP contribution in [0, 0.1) is 0 Å². The quantitative estimate of drug-likeness (QED) is 0.520. The summed E-state index contributed by atoms with van der Waals surface area (Å²) in [5.41, 5.74) is 1.41. The van der Waals surface area contributed by atoms with Gasteiger partial charge in [-0.25, -0.2) is 4.98 Å². The van der Waals surface area contributed by atoms with Crippen LogP contribution < -0.4 is 15.6 Å². The van der Waals surface area contributed by atoms with Crippen molar-refractivity contribution in [2.75, 3.05) is 11.9 Å². The predicted octanol–water partition coefficient (Wildman–Crippen LogP) is 3.82. The van der Waals surface area contributed by atoms with Gasteiger partial charge >= 0.3 is 0 Å². The van der Waals surface area contributed by atoms with Crippen molar-refractivity contribution in [3.8, 4) is 11.4 Å². The third kappa shape index (κ3) is 3.54. The molecule has 0 radical (unpaired) electrons. The fourth-order valence-electron chi connectivity index (χ4n) is 2.86. The molecule has 0 atom stereocenters. The van der Waals surface area contributed by atoms with E-state index in [4.69, 9.17) is 4.74 Å². The lowest BCUT2D eigenvalue weighted by Gasteiger charge is -2.09. The number of anilines is 1. The second-order valence-electron chi connectivity index (χ2n) is 6.13. The normalized spacial score (nSPS) is 10.9. The van der Waals surface area contributed by atoms with Crippen LogP contribution in [0.3, 0.4) is 0 Å². The highest BCUT2D eigenvalue weighted by Gasteiger charge is 2.14. The predicted molar refractivity (Wildman–Crippen MR) is 110 cm³/mol. The van der Waals surface area contributed by atoms with E-state index in [0.29, 0.717) is 28.8 Å². The van der Waals surface area contributed by atoms with Crippen molar-refractivity contribution in [3.63, 3.8) is 0 Å². The van der Waals surface area contributed by atoms with Crippen LogP contribution in [-0.4, -0.2) is 27.0 Å². The smallest absolute Gasteiger partial charge is 0.273 e. The average molecular weight is 394 g/mol. The van der Waals surface area contributed by atoms with Crippen molar-refractivity contribution in [2.45, 2.75) is 13.3 Å². The van der Waals surface area contributed by atoms with E-state index >= 15 is 0 Å². The minimum absolute atomic E-state index is 0.191. The summed E-state index contributed by atoms with van der Waals surface area (Å²) in [6.07, 6.45) is 2.55. The van der Waals surface area contributed by atoms with Crippen molar-refractivity contribution in [2.24, 2.45) is 0 Å². The molecule has 28 heavy (non-hydrogen) atoms. The highest BCUT2D eigenvalue weighted by molar-refractivity contribution is 7.13. The number of H-pyrrole nitrogens is 1. The molecule has 8 heteroatoms. The summed E-state index contributed by atoms with van der Waals surface area (Å²) in [7, 11) is 0. The number of thiazole rings is 1. The van der Waals surface area contributed by atoms with Crippen molar-refractivity contribution >= 4 is 33.4 Å². The average Bonchev–Trinajstić information content (AvgIpc) is 3.36. The number of aromatic amines is 1. The molecule has 0 aliphatic rings. The van der Waals surface area contributed by atoms with Gasteiger partial charge in [-0.15, -0.1) is 11.3 Å². The van der Waals surface area contributed by atoms with Gasteiger partial charge in [0.2, 0.25) is 0 Å². The summed E-state index contributed by atoms with van der Waals surface area (Å²) in [6.45, 7) is 2.69. The van der Waals surface area contributed by atoms with Gasteiger partial charge in [0.05, 0.1) is 12.3 Å². The Hall–Kier alpha value is -3.39. The molecule has 4 aromatic rings. The number of hydrogen-bond donors (Lipinski definition) is 2. The maximum Gasteiger partial charge on any atom is 0.273 e. The first-order chi connectivity index (χ1) is 13.7. The highest BCUT2D eigenvalue weighted by atomic mass is 32.1. The lowest BCUT2D eigenvalue weighted by Crippen LogP contribution is -2.17. The van der Waals surface area contributed by atoms with Gasteiger partial charge in [0.15, 0.2) is 5.13 Å². The van der Waals surface area contributed by atoms with Crippen molar-refractivity contribution in [3.05, 3.63) is 70.1 Å². The molecular weight excluding hydrogens is 376 g/mol. The molecule has 2 N–H and O–H groups in total. The van der Waals surface area contributed by atoms with Crippen LogP contribution in [0.1, 0.15) is 23.8 Å². The summed E-state index contributed by atoms with van der Waals surface area (Å²) in [5.74, 6) is 0.439.